The Labute approximate surface area is 72.7 Å². The molecule has 2 unspecified atom stereocenters. The summed E-state index contributed by atoms with van der Waals surface area (Å²) in [6.45, 7) is 5.42. The van der Waals surface area contributed by atoms with Gasteiger partial charge in [-0.1, -0.05) is 20.8 Å². The smallest absolute Gasteiger partial charge is 0.325 e. The summed E-state index contributed by atoms with van der Waals surface area (Å²) in [5, 5.41) is 9.53. The van der Waals surface area contributed by atoms with Gasteiger partial charge in [0.25, 0.3) is 0 Å². The molecule has 0 rings (SSSR count). The molecule has 0 amide bonds. The molecule has 0 saturated carbocycles. The highest BCUT2D eigenvalue weighted by molar-refractivity contribution is 5.76. The van der Waals surface area contributed by atoms with Gasteiger partial charge in [-0.15, -0.1) is 0 Å². The summed E-state index contributed by atoms with van der Waals surface area (Å²) in [4.78, 5) is 10.9. The quantitative estimate of drug-likeness (QED) is 0.574. The zero-order chi connectivity index (χ0) is 9.94. The van der Waals surface area contributed by atoms with Gasteiger partial charge in [-0.2, -0.15) is 0 Å². The van der Waals surface area contributed by atoms with Crippen LogP contribution >= 0.6 is 0 Å². The molecule has 2 atom stereocenters. The summed E-state index contributed by atoms with van der Waals surface area (Å²) in [5.74, 6) is -0.586. The zero-order valence-electron chi connectivity index (χ0n) is 8.00. The third kappa shape index (κ3) is 2.79. The third-order valence-electron chi connectivity index (χ3n) is 1.70. The molecule has 0 bridgehead atoms. The molecule has 0 aliphatic carbocycles. The molecule has 0 aromatic rings. The fourth-order valence-electron chi connectivity index (χ4n) is 0.804. The van der Waals surface area contributed by atoms with Crippen molar-refractivity contribution in [3.8, 4) is 0 Å². The first-order valence-corrected chi connectivity index (χ1v) is 3.82. The molecular weight excluding hydrogens is 158 g/mol. The number of carbonyl (C=O) groups is 1. The van der Waals surface area contributed by atoms with E-state index in [9.17, 15) is 9.90 Å². The summed E-state index contributed by atoms with van der Waals surface area (Å²) in [5.41, 5.74) is 5.02. The van der Waals surface area contributed by atoms with E-state index in [4.69, 9.17) is 5.73 Å². The van der Waals surface area contributed by atoms with Crippen molar-refractivity contribution >= 4 is 5.97 Å². The van der Waals surface area contributed by atoms with Gasteiger partial charge in [0.05, 0.1) is 13.2 Å². The van der Waals surface area contributed by atoms with Crippen LogP contribution in [0.1, 0.15) is 20.8 Å². The van der Waals surface area contributed by atoms with Gasteiger partial charge in [0.15, 0.2) is 0 Å². The lowest BCUT2D eigenvalue weighted by Gasteiger charge is -2.28. The van der Waals surface area contributed by atoms with Crippen molar-refractivity contribution in [1.29, 1.82) is 0 Å². The molecule has 0 aliphatic heterocycles. The molecule has 0 heterocycles. The van der Waals surface area contributed by atoms with Crippen molar-refractivity contribution < 1.29 is 14.6 Å². The molecule has 0 aliphatic rings. The standard InChI is InChI=1S/C8H17NO3/c1-8(2,3)6(10)5(9)7(11)12-4/h5-6,10H,9H2,1-4H3. The Morgan fingerprint density at radius 1 is 1.50 bits per heavy atom. The first-order chi connectivity index (χ1) is 5.30. The number of rotatable bonds is 2. The van der Waals surface area contributed by atoms with Gasteiger partial charge < -0.3 is 15.6 Å². The number of nitrogens with two attached hydrogens (primary N) is 1. The molecule has 0 spiro atoms. The van der Waals surface area contributed by atoms with Crippen LogP contribution in [0.15, 0.2) is 0 Å². The van der Waals surface area contributed by atoms with Crippen LogP contribution in [-0.2, 0) is 9.53 Å². The van der Waals surface area contributed by atoms with Crippen LogP contribution in [0.3, 0.4) is 0 Å². The minimum atomic E-state index is -0.963. The number of esters is 1. The first-order valence-electron chi connectivity index (χ1n) is 3.82. The van der Waals surface area contributed by atoms with E-state index in [1.54, 1.807) is 20.8 Å². The summed E-state index contributed by atoms with van der Waals surface area (Å²) < 4.78 is 4.40. The summed E-state index contributed by atoms with van der Waals surface area (Å²) in [6, 6.07) is -0.963. The van der Waals surface area contributed by atoms with Crippen molar-refractivity contribution in [3.63, 3.8) is 0 Å². The van der Waals surface area contributed by atoms with Gasteiger partial charge in [0.2, 0.25) is 0 Å². The Hall–Kier alpha value is -0.610. The van der Waals surface area contributed by atoms with Crippen LogP contribution in [0.2, 0.25) is 0 Å². The monoisotopic (exact) mass is 175 g/mol. The molecule has 72 valence electrons. The van der Waals surface area contributed by atoms with E-state index in [0.717, 1.165) is 0 Å². The van der Waals surface area contributed by atoms with E-state index in [1.165, 1.54) is 7.11 Å². The molecule has 0 aromatic carbocycles. The lowest BCUT2D eigenvalue weighted by Crippen LogP contribution is -2.48. The molecule has 4 nitrogen and oxygen atoms in total. The average molecular weight is 175 g/mol. The number of hydrogen-bond donors (Lipinski definition) is 2. The minimum absolute atomic E-state index is 0.409. The lowest BCUT2D eigenvalue weighted by molar-refractivity contribution is -0.147. The highest BCUT2D eigenvalue weighted by atomic mass is 16.5. The van der Waals surface area contributed by atoms with Gasteiger partial charge in [-0.3, -0.25) is 4.79 Å². The maximum atomic E-state index is 10.9. The number of methoxy groups -OCH3 is 1. The zero-order valence-corrected chi connectivity index (χ0v) is 8.00. The second-order valence-corrected chi connectivity index (χ2v) is 3.86. The van der Waals surface area contributed by atoms with E-state index >= 15 is 0 Å². The maximum absolute atomic E-state index is 10.9. The van der Waals surface area contributed by atoms with Crippen molar-refractivity contribution in [2.45, 2.75) is 32.9 Å². The predicted molar refractivity (Wildman–Crippen MR) is 45.5 cm³/mol. The molecule has 12 heavy (non-hydrogen) atoms. The second kappa shape index (κ2) is 3.87. The molecular formula is C8H17NO3. The normalized spacial score (nSPS) is 16.8. The van der Waals surface area contributed by atoms with Crippen molar-refractivity contribution in [1.82, 2.24) is 0 Å². The molecule has 4 heteroatoms. The van der Waals surface area contributed by atoms with Crippen molar-refractivity contribution in [3.05, 3.63) is 0 Å². The topological polar surface area (TPSA) is 72.5 Å². The van der Waals surface area contributed by atoms with Crippen LogP contribution in [0, 0.1) is 5.41 Å². The lowest BCUT2D eigenvalue weighted by atomic mass is 9.85. The third-order valence-corrected chi connectivity index (χ3v) is 1.70. The van der Waals surface area contributed by atoms with Crippen LogP contribution < -0.4 is 5.73 Å². The first kappa shape index (κ1) is 11.4. The van der Waals surface area contributed by atoms with E-state index in [0.29, 0.717) is 0 Å². The number of carbonyl (C=O) groups excluding carboxylic acids is 1. The van der Waals surface area contributed by atoms with Crippen molar-refractivity contribution in [2.75, 3.05) is 7.11 Å². The highest BCUT2D eigenvalue weighted by Gasteiger charge is 2.32. The minimum Gasteiger partial charge on any atom is -0.468 e. The second-order valence-electron chi connectivity index (χ2n) is 3.86. The maximum Gasteiger partial charge on any atom is 0.325 e. The van der Waals surface area contributed by atoms with Crippen LogP contribution in [-0.4, -0.2) is 30.3 Å². The van der Waals surface area contributed by atoms with Crippen LogP contribution in [0.5, 0.6) is 0 Å². The molecule has 3 N–H and O–H groups in total. The Kier molecular flexibility index (Phi) is 3.67. The van der Waals surface area contributed by atoms with E-state index in [2.05, 4.69) is 4.74 Å². The van der Waals surface area contributed by atoms with E-state index in [-0.39, 0.29) is 0 Å². The SMILES string of the molecule is COC(=O)C(N)C(O)C(C)(C)C. The predicted octanol–water partition coefficient (Wildman–Crippen LogP) is -0.106. The largest absolute Gasteiger partial charge is 0.468 e. The highest BCUT2D eigenvalue weighted by Crippen LogP contribution is 2.21. The Morgan fingerprint density at radius 2 is 1.92 bits per heavy atom. The summed E-state index contributed by atoms with van der Waals surface area (Å²) in [7, 11) is 1.25. The van der Waals surface area contributed by atoms with Gasteiger partial charge in [-0.05, 0) is 5.41 Å². The Balaban J connectivity index is 4.29. The number of ether oxygens (including phenoxy) is 1. The fraction of sp³-hybridized carbons (Fsp3) is 0.875. The summed E-state index contributed by atoms with van der Waals surface area (Å²) >= 11 is 0. The van der Waals surface area contributed by atoms with Crippen LogP contribution in [0.25, 0.3) is 0 Å². The number of aliphatic hydroxyl groups is 1. The van der Waals surface area contributed by atoms with Crippen molar-refractivity contribution in [2.24, 2.45) is 11.1 Å². The van der Waals surface area contributed by atoms with Gasteiger partial charge in [0, 0.05) is 0 Å². The Morgan fingerprint density at radius 3 is 2.17 bits per heavy atom. The van der Waals surface area contributed by atoms with Gasteiger partial charge >= 0.3 is 5.97 Å². The molecule has 0 saturated heterocycles. The molecule has 0 aromatic heterocycles. The Bertz CT molecular complexity index is 162. The van der Waals surface area contributed by atoms with Gasteiger partial charge in [0.1, 0.15) is 6.04 Å². The van der Waals surface area contributed by atoms with E-state index in [1.807, 2.05) is 0 Å². The van der Waals surface area contributed by atoms with E-state index < -0.39 is 23.5 Å². The average Bonchev–Trinajstić information content (AvgIpc) is 1.98. The number of aliphatic hydroxyl groups excluding tert-OH is 1. The fourth-order valence-corrected chi connectivity index (χ4v) is 0.804. The molecule has 0 radical (unpaired) electrons. The molecule has 0 fully saturated rings. The number of hydrogen-bond acceptors (Lipinski definition) is 4. The summed E-state index contributed by atoms with van der Waals surface area (Å²) in [6.07, 6.45) is -0.884. The van der Waals surface area contributed by atoms with Crippen LogP contribution in [0.4, 0.5) is 0 Å². The van der Waals surface area contributed by atoms with Gasteiger partial charge in [-0.25, -0.2) is 0 Å².